The minimum atomic E-state index is -1.05. The van der Waals surface area contributed by atoms with E-state index in [1.165, 1.54) is 6.07 Å². The summed E-state index contributed by atoms with van der Waals surface area (Å²) in [6.45, 7) is 1.91. The normalized spacial score (nSPS) is 19.5. The van der Waals surface area contributed by atoms with Gasteiger partial charge in [-0.25, -0.2) is 19.2 Å². The summed E-state index contributed by atoms with van der Waals surface area (Å²) in [6.07, 6.45) is 1.74. The maximum Gasteiger partial charge on any atom is 0.354 e. The van der Waals surface area contributed by atoms with Crippen LogP contribution in [0.4, 0.5) is 20.3 Å². The molecule has 8 heteroatoms. The smallest absolute Gasteiger partial charge is 0.354 e. The van der Waals surface area contributed by atoms with Gasteiger partial charge in [-0.15, -0.1) is 0 Å². The Kier molecular flexibility index (Phi) is 4.18. The molecule has 1 atom stereocenters. The minimum absolute atomic E-state index is 0.0317. The number of nitrogens with zero attached hydrogens (tertiary/aromatic N) is 4. The Morgan fingerprint density at radius 3 is 2.77 bits per heavy atom. The SMILES string of the molecule is O=C(O)c1cc2c(cn1)CN(c1cc(F)nc(N3CC[C@H](F)C3)c1)CC2. The lowest BCUT2D eigenvalue weighted by Crippen LogP contribution is -2.31. The molecule has 2 aromatic heterocycles. The molecule has 136 valence electrons. The van der Waals surface area contributed by atoms with Gasteiger partial charge in [0, 0.05) is 43.7 Å². The van der Waals surface area contributed by atoms with Crippen LogP contribution in [0.3, 0.4) is 0 Å². The molecule has 4 heterocycles. The van der Waals surface area contributed by atoms with Crippen LogP contribution in [0.15, 0.2) is 24.4 Å². The number of carboxylic acids is 1. The highest BCUT2D eigenvalue weighted by Crippen LogP contribution is 2.29. The van der Waals surface area contributed by atoms with Gasteiger partial charge in [0.15, 0.2) is 0 Å². The molecular weight excluding hydrogens is 342 g/mol. The summed E-state index contributed by atoms with van der Waals surface area (Å²) in [4.78, 5) is 22.7. The summed E-state index contributed by atoms with van der Waals surface area (Å²) in [5.74, 6) is -1.19. The number of rotatable bonds is 3. The summed E-state index contributed by atoms with van der Waals surface area (Å²) >= 11 is 0. The van der Waals surface area contributed by atoms with Crippen molar-refractivity contribution in [3.8, 4) is 0 Å². The van der Waals surface area contributed by atoms with Crippen molar-refractivity contribution in [2.24, 2.45) is 0 Å². The third kappa shape index (κ3) is 3.18. The Labute approximate surface area is 149 Å². The summed E-state index contributed by atoms with van der Waals surface area (Å²) < 4.78 is 27.5. The molecule has 1 fully saturated rings. The van der Waals surface area contributed by atoms with E-state index in [2.05, 4.69) is 9.97 Å². The van der Waals surface area contributed by atoms with Gasteiger partial charge in [-0.3, -0.25) is 0 Å². The van der Waals surface area contributed by atoms with Gasteiger partial charge in [0.1, 0.15) is 17.7 Å². The van der Waals surface area contributed by atoms with Crippen molar-refractivity contribution in [2.75, 3.05) is 29.4 Å². The van der Waals surface area contributed by atoms with Crippen LogP contribution in [0, 0.1) is 5.95 Å². The zero-order valence-electron chi connectivity index (χ0n) is 14.0. The zero-order valence-corrected chi connectivity index (χ0v) is 14.0. The van der Waals surface area contributed by atoms with Gasteiger partial charge in [0.25, 0.3) is 0 Å². The lowest BCUT2D eigenvalue weighted by atomic mass is 10.0. The van der Waals surface area contributed by atoms with E-state index in [0.29, 0.717) is 44.0 Å². The standard InChI is InChI=1S/C18H18F2N4O2/c19-13-2-4-24(10-13)17-7-14(6-16(20)22-17)23-3-1-11-5-15(18(25)26)21-8-12(11)9-23/h5-8,13H,1-4,9-10H2,(H,25,26)/t13-/m0/s1. The first-order chi connectivity index (χ1) is 12.5. The van der Waals surface area contributed by atoms with E-state index in [0.717, 1.165) is 11.1 Å². The molecule has 2 aliphatic rings. The van der Waals surface area contributed by atoms with E-state index in [1.807, 2.05) is 4.90 Å². The number of fused-ring (bicyclic) bond motifs is 1. The summed E-state index contributed by atoms with van der Waals surface area (Å²) in [5.41, 5.74) is 2.58. The van der Waals surface area contributed by atoms with Gasteiger partial charge in [-0.2, -0.15) is 4.39 Å². The Morgan fingerprint density at radius 1 is 1.19 bits per heavy atom. The number of aromatic nitrogens is 2. The maximum absolute atomic E-state index is 14.0. The van der Waals surface area contributed by atoms with Crippen LogP contribution in [-0.4, -0.2) is 46.8 Å². The van der Waals surface area contributed by atoms with Gasteiger partial charge < -0.3 is 14.9 Å². The van der Waals surface area contributed by atoms with Crippen molar-refractivity contribution in [2.45, 2.75) is 25.6 Å². The molecule has 0 amide bonds. The molecular formula is C18H18F2N4O2. The first kappa shape index (κ1) is 16.7. The van der Waals surface area contributed by atoms with Gasteiger partial charge in [-0.05, 0) is 30.0 Å². The van der Waals surface area contributed by atoms with Gasteiger partial charge in [0.05, 0.1) is 6.54 Å². The molecule has 1 saturated heterocycles. The molecule has 0 bridgehead atoms. The number of anilines is 2. The number of hydrogen-bond donors (Lipinski definition) is 1. The van der Waals surface area contributed by atoms with Crippen LogP contribution in [-0.2, 0) is 13.0 Å². The Bertz CT molecular complexity index is 861. The first-order valence-electron chi connectivity index (χ1n) is 8.52. The molecule has 26 heavy (non-hydrogen) atoms. The Hall–Kier alpha value is -2.77. The monoisotopic (exact) mass is 360 g/mol. The molecule has 2 aromatic rings. The lowest BCUT2D eigenvalue weighted by Gasteiger charge is -2.31. The topological polar surface area (TPSA) is 69.6 Å². The van der Waals surface area contributed by atoms with Crippen LogP contribution >= 0.6 is 0 Å². The molecule has 1 N–H and O–H groups in total. The maximum atomic E-state index is 14.0. The van der Waals surface area contributed by atoms with Gasteiger partial charge in [-0.1, -0.05) is 0 Å². The molecule has 0 unspecified atom stereocenters. The van der Waals surface area contributed by atoms with Crippen molar-refractivity contribution >= 4 is 17.5 Å². The van der Waals surface area contributed by atoms with E-state index in [-0.39, 0.29) is 12.2 Å². The molecule has 2 aliphatic heterocycles. The molecule has 0 aromatic carbocycles. The van der Waals surface area contributed by atoms with Crippen molar-refractivity contribution in [3.63, 3.8) is 0 Å². The second-order valence-electron chi connectivity index (χ2n) is 6.65. The van der Waals surface area contributed by atoms with E-state index in [9.17, 15) is 13.6 Å². The summed E-state index contributed by atoms with van der Waals surface area (Å²) in [5, 5.41) is 9.05. The third-order valence-corrected chi connectivity index (χ3v) is 4.90. The zero-order chi connectivity index (χ0) is 18.3. The van der Waals surface area contributed by atoms with Crippen molar-refractivity contribution in [1.82, 2.24) is 9.97 Å². The quantitative estimate of drug-likeness (QED) is 0.848. The molecule has 0 aliphatic carbocycles. The highest BCUT2D eigenvalue weighted by molar-refractivity contribution is 5.85. The predicted octanol–water partition coefficient (Wildman–Crippen LogP) is 2.42. The van der Waals surface area contributed by atoms with Gasteiger partial charge in [0.2, 0.25) is 5.95 Å². The number of halogens is 2. The summed E-state index contributed by atoms with van der Waals surface area (Å²) in [7, 11) is 0. The van der Waals surface area contributed by atoms with Crippen molar-refractivity contribution < 1.29 is 18.7 Å². The number of aromatic carboxylic acids is 1. The minimum Gasteiger partial charge on any atom is -0.477 e. The number of pyridine rings is 2. The Balaban J connectivity index is 1.58. The van der Waals surface area contributed by atoms with Crippen molar-refractivity contribution in [3.05, 3.63) is 47.2 Å². The van der Waals surface area contributed by atoms with Crippen molar-refractivity contribution in [1.29, 1.82) is 0 Å². The molecule has 4 rings (SSSR count). The van der Waals surface area contributed by atoms with Crippen LogP contribution in [0.1, 0.15) is 28.0 Å². The third-order valence-electron chi connectivity index (χ3n) is 4.90. The van der Waals surface area contributed by atoms with Crippen LogP contribution in [0.25, 0.3) is 0 Å². The fraction of sp³-hybridized carbons (Fsp3) is 0.389. The van der Waals surface area contributed by atoms with E-state index in [1.54, 1.807) is 23.2 Å². The van der Waals surface area contributed by atoms with Crippen LogP contribution in [0.2, 0.25) is 0 Å². The van der Waals surface area contributed by atoms with Crippen LogP contribution < -0.4 is 9.80 Å². The largest absolute Gasteiger partial charge is 0.477 e. The number of alkyl halides is 1. The average molecular weight is 360 g/mol. The number of carbonyl (C=O) groups is 1. The van der Waals surface area contributed by atoms with E-state index < -0.39 is 18.1 Å². The van der Waals surface area contributed by atoms with E-state index >= 15 is 0 Å². The molecule has 0 spiro atoms. The summed E-state index contributed by atoms with van der Waals surface area (Å²) in [6, 6.07) is 4.75. The van der Waals surface area contributed by atoms with Crippen LogP contribution in [0.5, 0.6) is 0 Å². The second-order valence-corrected chi connectivity index (χ2v) is 6.65. The molecule has 0 radical (unpaired) electrons. The number of carboxylic acid groups (broad SMARTS) is 1. The molecule has 6 nitrogen and oxygen atoms in total. The second kappa shape index (κ2) is 6.51. The van der Waals surface area contributed by atoms with Gasteiger partial charge >= 0.3 is 5.97 Å². The fourth-order valence-electron chi connectivity index (χ4n) is 3.52. The van der Waals surface area contributed by atoms with E-state index in [4.69, 9.17) is 5.11 Å². The first-order valence-corrected chi connectivity index (χ1v) is 8.52. The Morgan fingerprint density at radius 2 is 2.04 bits per heavy atom. The molecule has 0 saturated carbocycles. The highest BCUT2D eigenvalue weighted by Gasteiger charge is 2.25. The predicted molar refractivity (Wildman–Crippen MR) is 91.9 cm³/mol. The average Bonchev–Trinajstić information content (AvgIpc) is 3.06. The number of hydrogen-bond acceptors (Lipinski definition) is 5. The fourth-order valence-corrected chi connectivity index (χ4v) is 3.52. The lowest BCUT2D eigenvalue weighted by molar-refractivity contribution is 0.0690. The highest BCUT2D eigenvalue weighted by atomic mass is 19.1.